The molecule has 40 heavy (non-hydrogen) atoms. The Morgan fingerprint density at radius 3 is 2.38 bits per heavy atom. The summed E-state index contributed by atoms with van der Waals surface area (Å²) in [5, 5.41) is 13.0. The largest absolute Gasteiger partial charge is 0.416 e. The van der Waals surface area contributed by atoms with Gasteiger partial charge in [0, 0.05) is 42.8 Å². The number of aliphatic hydroxyl groups is 1. The summed E-state index contributed by atoms with van der Waals surface area (Å²) >= 11 is 5.81. The fourth-order valence-electron chi connectivity index (χ4n) is 4.52. The van der Waals surface area contributed by atoms with Crippen molar-refractivity contribution in [1.82, 2.24) is 9.88 Å². The van der Waals surface area contributed by atoms with Gasteiger partial charge in [0.25, 0.3) is 5.91 Å². The van der Waals surface area contributed by atoms with Crippen LogP contribution in [0, 0.1) is 0 Å². The molecule has 0 fully saturated rings. The van der Waals surface area contributed by atoms with Crippen LogP contribution in [0.4, 0.5) is 13.2 Å². The van der Waals surface area contributed by atoms with Crippen LogP contribution in [-0.2, 0) is 28.9 Å². The van der Waals surface area contributed by atoms with Crippen molar-refractivity contribution in [3.8, 4) is 0 Å². The SMILES string of the molecule is [2H]C([2H])(C)n1c(Cc2ccc(Cl)cc2C(F)(F)F)cc2cc(C(=O)NC(CO)c3ccc(S(=O)(=O)CC)cc3)ccc21. The summed E-state index contributed by atoms with van der Waals surface area (Å²) < 4.78 is 83.3. The number of fused-ring (bicyclic) bond motifs is 1. The predicted octanol–water partition coefficient (Wildman–Crippen LogP) is 6.18. The third kappa shape index (κ3) is 6.19. The average molecular weight is 595 g/mol. The Morgan fingerprint density at radius 1 is 1.07 bits per heavy atom. The molecule has 1 heterocycles. The molecule has 0 bridgehead atoms. The highest BCUT2D eigenvalue weighted by Gasteiger charge is 2.33. The minimum atomic E-state index is -4.67. The lowest BCUT2D eigenvalue weighted by Gasteiger charge is -2.17. The number of aliphatic hydroxyl groups excluding tert-OH is 1. The molecule has 3 aromatic carbocycles. The van der Waals surface area contributed by atoms with Gasteiger partial charge in [-0.05, 0) is 66.6 Å². The van der Waals surface area contributed by atoms with Crippen molar-refractivity contribution in [2.24, 2.45) is 0 Å². The third-order valence-electron chi connectivity index (χ3n) is 6.62. The van der Waals surface area contributed by atoms with E-state index in [4.69, 9.17) is 14.3 Å². The molecule has 11 heteroatoms. The van der Waals surface area contributed by atoms with E-state index in [1.165, 1.54) is 73.0 Å². The molecule has 4 rings (SSSR count). The molecule has 0 radical (unpaired) electrons. The molecule has 0 spiro atoms. The van der Waals surface area contributed by atoms with E-state index in [1.54, 1.807) is 6.07 Å². The van der Waals surface area contributed by atoms with Crippen molar-refractivity contribution in [1.29, 1.82) is 0 Å². The first kappa shape index (κ1) is 26.9. The number of aryl methyl sites for hydroxylation is 1. The lowest BCUT2D eigenvalue weighted by molar-refractivity contribution is -0.138. The number of sulfone groups is 1. The zero-order valence-corrected chi connectivity index (χ0v) is 23.2. The maximum atomic E-state index is 13.7. The van der Waals surface area contributed by atoms with Gasteiger partial charge in [0.15, 0.2) is 9.84 Å². The Hall–Kier alpha value is -3.34. The second kappa shape index (κ2) is 11.6. The van der Waals surface area contributed by atoms with Crippen molar-refractivity contribution in [2.45, 2.75) is 43.9 Å². The van der Waals surface area contributed by atoms with E-state index < -0.39 is 46.6 Å². The molecule has 4 aromatic rings. The van der Waals surface area contributed by atoms with E-state index in [2.05, 4.69) is 5.32 Å². The quantitative estimate of drug-likeness (QED) is 0.242. The Labute approximate surface area is 238 Å². The zero-order chi connectivity index (χ0) is 31.0. The number of hydrogen-bond donors (Lipinski definition) is 2. The lowest BCUT2D eigenvalue weighted by atomic mass is 10.0. The standard InChI is InChI=1S/C29H28ClF3N2O4S/c1-3-35-23(14-19-5-9-22(30)16-25(19)29(31,32)33)15-21-13-20(8-12-27(21)35)28(37)34-26(17-36)18-6-10-24(11-7-18)40(38,39)4-2/h5-13,15-16,26,36H,3-4,14,17H2,1-2H3,(H,34,37)/i3D2. The monoisotopic (exact) mass is 594 g/mol. The fourth-order valence-corrected chi connectivity index (χ4v) is 5.58. The van der Waals surface area contributed by atoms with Crippen LogP contribution in [0.15, 0.2) is 71.6 Å². The number of hydrogen-bond acceptors (Lipinski definition) is 4. The van der Waals surface area contributed by atoms with Crippen LogP contribution in [-0.4, -0.2) is 36.4 Å². The molecule has 0 saturated heterocycles. The van der Waals surface area contributed by atoms with Gasteiger partial charge in [-0.25, -0.2) is 8.42 Å². The van der Waals surface area contributed by atoms with E-state index >= 15 is 0 Å². The fraction of sp³-hybridized carbons (Fsp3) is 0.276. The first-order chi connectivity index (χ1) is 19.5. The van der Waals surface area contributed by atoms with Crippen molar-refractivity contribution < 1.29 is 34.2 Å². The molecular weight excluding hydrogens is 565 g/mol. The Bertz CT molecular complexity index is 1730. The number of benzene rings is 3. The molecule has 0 aliphatic heterocycles. The summed E-state index contributed by atoms with van der Waals surface area (Å²) in [5.74, 6) is -0.631. The average Bonchev–Trinajstić information content (AvgIpc) is 3.29. The number of alkyl halides is 3. The number of carbonyl (C=O) groups is 1. The Kier molecular flexibility index (Phi) is 7.82. The lowest BCUT2D eigenvalue weighted by Crippen LogP contribution is -2.30. The molecule has 212 valence electrons. The number of aromatic nitrogens is 1. The van der Waals surface area contributed by atoms with Gasteiger partial charge in [0.1, 0.15) is 0 Å². The number of rotatable bonds is 9. The summed E-state index contributed by atoms with van der Waals surface area (Å²) in [5.41, 5.74) is 0.300. The molecule has 1 aromatic heterocycles. The van der Waals surface area contributed by atoms with Crippen LogP contribution in [0.3, 0.4) is 0 Å². The number of carbonyl (C=O) groups excluding carboxylic acids is 1. The summed E-state index contributed by atoms with van der Waals surface area (Å²) in [4.78, 5) is 13.3. The summed E-state index contributed by atoms with van der Waals surface area (Å²) in [6, 6.07) is 14.4. The summed E-state index contributed by atoms with van der Waals surface area (Å²) in [6.07, 6.45) is -4.91. The number of nitrogens with zero attached hydrogens (tertiary/aromatic N) is 1. The highest BCUT2D eigenvalue weighted by molar-refractivity contribution is 7.91. The van der Waals surface area contributed by atoms with E-state index in [0.717, 1.165) is 6.07 Å². The Balaban J connectivity index is 1.67. The second-order valence-corrected chi connectivity index (χ2v) is 11.8. The summed E-state index contributed by atoms with van der Waals surface area (Å²) in [7, 11) is -3.42. The van der Waals surface area contributed by atoms with Gasteiger partial charge in [0.05, 0.1) is 28.9 Å². The molecule has 2 N–H and O–H groups in total. The summed E-state index contributed by atoms with van der Waals surface area (Å²) in [6.45, 7) is 0.365. The van der Waals surface area contributed by atoms with Crippen LogP contribution >= 0.6 is 11.6 Å². The van der Waals surface area contributed by atoms with Crippen molar-refractivity contribution in [3.05, 3.63) is 99.7 Å². The molecule has 6 nitrogen and oxygen atoms in total. The maximum absolute atomic E-state index is 13.7. The highest BCUT2D eigenvalue weighted by Crippen LogP contribution is 2.35. The smallest absolute Gasteiger partial charge is 0.394 e. The topological polar surface area (TPSA) is 88.4 Å². The van der Waals surface area contributed by atoms with E-state index in [1.807, 2.05) is 0 Å². The maximum Gasteiger partial charge on any atom is 0.416 e. The van der Waals surface area contributed by atoms with E-state index in [9.17, 15) is 31.5 Å². The van der Waals surface area contributed by atoms with Gasteiger partial charge in [-0.3, -0.25) is 4.79 Å². The van der Waals surface area contributed by atoms with Crippen LogP contribution in [0.2, 0.25) is 5.02 Å². The second-order valence-electron chi connectivity index (χ2n) is 9.13. The van der Waals surface area contributed by atoms with E-state index in [0.29, 0.717) is 16.5 Å². The van der Waals surface area contributed by atoms with Gasteiger partial charge in [0.2, 0.25) is 0 Å². The van der Waals surface area contributed by atoms with Crippen molar-refractivity contribution >= 4 is 38.2 Å². The van der Waals surface area contributed by atoms with Gasteiger partial charge in [-0.2, -0.15) is 13.2 Å². The van der Waals surface area contributed by atoms with Crippen LogP contribution in [0.25, 0.3) is 10.9 Å². The number of nitrogens with one attached hydrogen (secondary N) is 1. The van der Waals surface area contributed by atoms with Crippen molar-refractivity contribution in [3.63, 3.8) is 0 Å². The first-order valence-electron chi connectivity index (χ1n) is 13.3. The van der Waals surface area contributed by atoms with Crippen LogP contribution in [0.1, 0.15) is 55.4 Å². The van der Waals surface area contributed by atoms with Gasteiger partial charge >= 0.3 is 6.18 Å². The van der Waals surface area contributed by atoms with Gasteiger partial charge < -0.3 is 15.0 Å². The van der Waals surface area contributed by atoms with Gasteiger partial charge in [-0.15, -0.1) is 0 Å². The minimum absolute atomic E-state index is 0.0682. The van der Waals surface area contributed by atoms with Crippen molar-refractivity contribution in [2.75, 3.05) is 12.4 Å². The molecule has 1 unspecified atom stereocenters. The van der Waals surface area contributed by atoms with Crippen LogP contribution in [0.5, 0.6) is 0 Å². The molecule has 0 saturated carbocycles. The first-order valence-corrected chi connectivity index (χ1v) is 14.3. The number of halogens is 4. The third-order valence-corrected chi connectivity index (χ3v) is 8.61. The molecule has 1 atom stereocenters. The normalized spacial score (nSPS) is 14.1. The molecular formula is C29H28ClF3N2O4S. The number of amides is 1. The Morgan fingerprint density at radius 2 is 1.77 bits per heavy atom. The molecule has 0 aliphatic carbocycles. The van der Waals surface area contributed by atoms with Crippen LogP contribution < -0.4 is 5.32 Å². The molecule has 1 amide bonds. The predicted molar refractivity (Wildman–Crippen MR) is 148 cm³/mol. The zero-order valence-electron chi connectivity index (χ0n) is 23.6. The van der Waals surface area contributed by atoms with Gasteiger partial charge in [-0.1, -0.05) is 36.7 Å². The molecule has 0 aliphatic rings. The highest BCUT2D eigenvalue weighted by atomic mass is 35.5. The minimum Gasteiger partial charge on any atom is -0.394 e. The van der Waals surface area contributed by atoms with E-state index in [-0.39, 0.29) is 38.9 Å².